The summed E-state index contributed by atoms with van der Waals surface area (Å²) in [5, 5.41) is 19.2. The molecule has 0 bridgehead atoms. The topological polar surface area (TPSA) is 74.6 Å². The van der Waals surface area contributed by atoms with E-state index >= 15 is 0 Å². The number of hydrogen-bond donors (Lipinski definition) is 2. The molecule has 1 unspecified atom stereocenters. The molecule has 0 radical (unpaired) electrons. The Morgan fingerprint density at radius 3 is 2.58 bits per heavy atom. The quantitative estimate of drug-likeness (QED) is 0.349. The number of carbonyl (C=O) groups is 2. The zero-order chi connectivity index (χ0) is 19.6. The molecule has 0 heterocycles. The van der Waals surface area contributed by atoms with Crippen LogP contribution in [0.5, 0.6) is 0 Å². The highest BCUT2D eigenvalue weighted by atomic mass is 16.4. The highest BCUT2D eigenvalue weighted by Gasteiger charge is 2.33. The number of Topliss-reactive ketones (excluding diaryl/α,β-unsaturated/α-hetero) is 1. The summed E-state index contributed by atoms with van der Waals surface area (Å²) in [6.07, 6.45) is 13.0. The standard InChI is InChI=1S/C22H38O4/c1-4-5-16-22(2,3)20(24)15-13-17-12-14-19(23)18(17)10-8-6-7-9-11-21(25)26/h13,15,17-18,20,24H,4-12,14,16H2,1-3H3,(H,25,26)/b15-13+/t17?,18-,20-/m1/s1. The first-order chi connectivity index (χ1) is 12.3. The summed E-state index contributed by atoms with van der Waals surface area (Å²) in [5.74, 6) is -0.0543. The number of rotatable bonds is 13. The molecule has 0 aromatic rings. The van der Waals surface area contributed by atoms with Crippen LogP contribution in [0.2, 0.25) is 0 Å². The van der Waals surface area contributed by atoms with Crippen LogP contribution < -0.4 is 0 Å². The fourth-order valence-electron chi connectivity index (χ4n) is 3.82. The third-order valence-electron chi connectivity index (χ3n) is 5.83. The van der Waals surface area contributed by atoms with Crippen molar-refractivity contribution in [3.8, 4) is 0 Å². The predicted molar refractivity (Wildman–Crippen MR) is 105 cm³/mol. The Morgan fingerprint density at radius 1 is 1.23 bits per heavy atom. The monoisotopic (exact) mass is 366 g/mol. The minimum absolute atomic E-state index is 0.0803. The number of hydrogen-bond acceptors (Lipinski definition) is 3. The van der Waals surface area contributed by atoms with E-state index in [0.29, 0.717) is 12.2 Å². The van der Waals surface area contributed by atoms with Gasteiger partial charge < -0.3 is 10.2 Å². The van der Waals surface area contributed by atoms with Crippen LogP contribution in [0, 0.1) is 17.3 Å². The third kappa shape index (κ3) is 8.03. The lowest BCUT2D eigenvalue weighted by molar-refractivity contribution is -0.137. The molecule has 1 saturated carbocycles. The second kappa shape index (κ2) is 11.5. The lowest BCUT2D eigenvalue weighted by Gasteiger charge is -2.29. The first kappa shape index (κ1) is 22.9. The predicted octanol–water partition coefficient (Wildman–Crippen LogP) is 5.14. The van der Waals surface area contributed by atoms with Crippen LogP contribution in [0.1, 0.15) is 91.4 Å². The number of allylic oxidation sites excluding steroid dienone is 1. The van der Waals surface area contributed by atoms with Gasteiger partial charge in [-0.15, -0.1) is 0 Å². The molecule has 1 aliphatic carbocycles. The molecule has 0 amide bonds. The number of aliphatic hydroxyl groups is 1. The minimum atomic E-state index is -0.735. The van der Waals surface area contributed by atoms with Crippen molar-refractivity contribution < 1.29 is 19.8 Å². The summed E-state index contributed by atoms with van der Waals surface area (Å²) < 4.78 is 0. The van der Waals surface area contributed by atoms with Crippen molar-refractivity contribution in [2.75, 3.05) is 0 Å². The smallest absolute Gasteiger partial charge is 0.303 e. The van der Waals surface area contributed by atoms with Crippen LogP contribution in [0.3, 0.4) is 0 Å². The minimum Gasteiger partial charge on any atom is -0.481 e. The number of aliphatic hydroxyl groups excluding tert-OH is 1. The van der Waals surface area contributed by atoms with Crippen molar-refractivity contribution in [3.63, 3.8) is 0 Å². The fourth-order valence-corrected chi connectivity index (χ4v) is 3.82. The number of unbranched alkanes of at least 4 members (excludes halogenated alkanes) is 4. The van der Waals surface area contributed by atoms with Crippen LogP contribution >= 0.6 is 0 Å². The van der Waals surface area contributed by atoms with Crippen LogP contribution in [-0.2, 0) is 9.59 Å². The van der Waals surface area contributed by atoms with E-state index in [1.807, 2.05) is 6.08 Å². The van der Waals surface area contributed by atoms with Gasteiger partial charge in [0.25, 0.3) is 0 Å². The van der Waals surface area contributed by atoms with E-state index in [2.05, 4.69) is 26.8 Å². The van der Waals surface area contributed by atoms with E-state index in [0.717, 1.165) is 57.8 Å². The summed E-state index contributed by atoms with van der Waals surface area (Å²) in [5.41, 5.74) is -0.130. The van der Waals surface area contributed by atoms with Crippen molar-refractivity contribution in [3.05, 3.63) is 12.2 Å². The second-order valence-corrected chi connectivity index (χ2v) is 8.54. The highest BCUT2D eigenvalue weighted by Crippen LogP contribution is 2.35. The molecule has 4 nitrogen and oxygen atoms in total. The van der Waals surface area contributed by atoms with E-state index in [-0.39, 0.29) is 23.7 Å². The van der Waals surface area contributed by atoms with Crippen molar-refractivity contribution in [2.45, 2.75) is 97.5 Å². The molecule has 4 heteroatoms. The summed E-state index contributed by atoms with van der Waals surface area (Å²) in [7, 11) is 0. The van der Waals surface area contributed by atoms with Gasteiger partial charge in [-0.25, -0.2) is 0 Å². The molecule has 0 saturated heterocycles. The summed E-state index contributed by atoms with van der Waals surface area (Å²) >= 11 is 0. The zero-order valence-corrected chi connectivity index (χ0v) is 16.9. The average Bonchev–Trinajstić information content (AvgIpc) is 2.93. The van der Waals surface area contributed by atoms with E-state index in [9.17, 15) is 14.7 Å². The van der Waals surface area contributed by atoms with Gasteiger partial charge in [0.2, 0.25) is 0 Å². The Labute approximate surface area is 159 Å². The van der Waals surface area contributed by atoms with Gasteiger partial charge in [0, 0.05) is 18.8 Å². The molecular weight excluding hydrogens is 328 g/mol. The number of carbonyl (C=O) groups excluding carboxylic acids is 1. The molecule has 150 valence electrons. The van der Waals surface area contributed by atoms with Crippen molar-refractivity contribution in [2.24, 2.45) is 17.3 Å². The van der Waals surface area contributed by atoms with Gasteiger partial charge in [-0.05, 0) is 37.0 Å². The maximum atomic E-state index is 12.2. The van der Waals surface area contributed by atoms with E-state index in [1.165, 1.54) is 0 Å². The van der Waals surface area contributed by atoms with Gasteiger partial charge in [0.05, 0.1) is 6.10 Å². The van der Waals surface area contributed by atoms with Crippen LogP contribution in [0.4, 0.5) is 0 Å². The zero-order valence-electron chi connectivity index (χ0n) is 16.9. The Kier molecular flexibility index (Phi) is 10.1. The average molecular weight is 367 g/mol. The normalized spacial score (nSPS) is 22.2. The molecule has 0 aromatic heterocycles. The molecule has 0 aromatic carbocycles. The highest BCUT2D eigenvalue weighted by molar-refractivity contribution is 5.83. The van der Waals surface area contributed by atoms with Crippen LogP contribution in [0.15, 0.2) is 12.2 Å². The van der Waals surface area contributed by atoms with E-state index in [1.54, 1.807) is 0 Å². The first-order valence-electron chi connectivity index (χ1n) is 10.4. The number of ketones is 1. The van der Waals surface area contributed by atoms with Gasteiger partial charge in [-0.3, -0.25) is 9.59 Å². The molecule has 0 aliphatic heterocycles. The fraction of sp³-hybridized carbons (Fsp3) is 0.818. The number of aliphatic carboxylic acids is 1. The molecule has 26 heavy (non-hydrogen) atoms. The van der Waals surface area contributed by atoms with Crippen LogP contribution in [-0.4, -0.2) is 28.1 Å². The Balaban J connectivity index is 2.44. The van der Waals surface area contributed by atoms with Gasteiger partial charge in [0.15, 0.2) is 0 Å². The van der Waals surface area contributed by atoms with E-state index < -0.39 is 12.1 Å². The lowest BCUT2D eigenvalue weighted by atomic mass is 9.80. The first-order valence-corrected chi connectivity index (χ1v) is 10.4. The number of carboxylic acid groups (broad SMARTS) is 1. The SMILES string of the molecule is CCCCC(C)(C)[C@H](O)/C=C/C1CCC(=O)[C@@H]1CCCCCCC(=O)O. The molecular formula is C22H38O4. The maximum absolute atomic E-state index is 12.2. The largest absolute Gasteiger partial charge is 0.481 e. The van der Waals surface area contributed by atoms with Gasteiger partial charge in [0.1, 0.15) is 5.78 Å². The molecule has 0 spiro atoms. The Morgan fingerprint density at radius 2 is 1.92 bits per heavy atom. The molecule has 1 aliphatic rings. The Bertz CT molecular complexity index is 467. The lowest BCUT2D eigenvalue weighted by Crippen LogP contribution is -2.27. The second-order valence-electron chi connectivity index (χ2n) is 8.54. The van der Waals surface area contributed by atoms with Crippen molar-refractivity contribution in [1.82, 2.24) is 0 Å². The van der Waals surface area contributed by atoms with Crippen molar-refractivity contribution in [1.29, 1.82) is 0 Å². The van der Waals surface area contributed by atoms with Gasteiger partial charge in [-0.2, -0.15) is 0 Å². The van der Waals surface area contributed by atoms with E-state index in [4.69, 9.17) is 5.11 Å². The maximum Gasteiger partial charge on any atom is 0.303 e. The Hall–Kier alpha value is -1.16. The van der Waals surface area contributed by atoms with Crippen LogP contribution in [0.25, 0.3) is 0 Å². The van der Waals surface area contributed by atoms with Crippen molar-refractivity contribution >= 4 is 11.8 Å². The third-order valence-corrected chi connectivity index (χ3v) is 5.83. The molecule has 1 rings (SSSR count). The summed E-state index contributed by atoms with van der Waals surface area (Å²) in [4.78, 5) is 22.7. The van der Waals surface area contributed by atoms with Gasteiger partial charge in [-0.1, -0.05) is 65.0 Å². The molecule has 2 N–H and O–H groups in total. The molecule has 1 fully saturated rings. The van der Waals surface area contributed by atoms with Gasteiger partial charge >= 0.3 is 5.97 Å². The summed E-state index contributed by atoms with van der Waals surface area (Å²) in [6.45, 7) is 6.37. The molecule has 3 atom stereocenters. The number of carboxylic acids is 1. The summed E-state index contributed by atoms with van der Waals surface area (Å²) in [6, 6.07) is 0.